The van der Waals surface area contributed by atoms with Gasteiger partial charge >= 0.3 is 0 Å². The number of fused-ring (bicyclic) bond motifs is 1. The summed E-state index contributed by atoms with van der Waals surface area (Å²) in [5.41, 5.74) is 0.350. The number of aliphatic hydroxyl groups is 2. The zero-order valence-corrected chi connectivity index (χ0v) is 11.5. The van der Waals surface area contributed by atoms with Crippen LogP contribution < -0.4 is 0 Å². The molecule has 6 atom stereocenters. The van der Waals surface area contributed by atoms with Gasteiger partial charge in [0.2, 0.25) is 0 Å². The van der Waals surface area contributed by atoms with Crippen molar-refractivity contribution in [2.24, 2.45) is 29.1 Å². The van der Waals surface area contributed by atoms with Crippen LogP contribution in [0.5, 0.6) is 0 Å². The van der Waals surface area contributed by atoms with Crippen molar-refractivity contribution in [3.05, 3.63) is 0 Å². The van der Waals surface area contributed by atoms with Gasteiger partial charge in [0.15, 0.2) is 0 Å². The molecule has 2 heteroatoms. The van der Waals surface area contributed by atoms with E-state index < -0.39 is 0 Å². The normalized spacial score (nSPS) is 48.5. The van der Waals surface area contributed by atoms with Crippen LogP contribution in [0.25, 0.3) is 0 Å². The van der Waals surface area contributed by atoms with Gasteiger partial charge in [0.1, 0.15) is 0 Å². The third kappa shape index (κ3) is 2.39. The van der Waals surface area contributed by atoms with Crippen molar-refractivity contribution in [1.82, 2.24) is 0 Å². The summed E-state index contributed by atoms with van der Waals surface area (Å²) in [6, 6.07) is 0. The second-order valence-corrected chi connectivity index (χ2v) is 6.96. The molecule has 1 unspecified atom stereocenters. The topological polar surface area (TPSA) is 40.5 Å². The molecular weight excluding hydrogens is 212 g/mol. The SMILES string of the molecule is CC(CO)[C@H]1C[C@H]2[C@@H](C)CCC[C@]2(C)C[C@H]1O. The first-order chi connectivity index (χ1) is 7.98. The molecule has 0 saturated heterocycles. The highest BCUT2D eigenvalue weighted by Gasteiger charge is 2.48. The predicted molar refractivity (Wildman–Crippen MR) is 69.6 cm³/mol. The lowest BCUT2D eigenvalue weighted by molar-refractivity contribution is -0.0896. The van der Waals surface area contributed by atoms with Gasteiger partial charge in [0.05, 0.1) is 6.10 Å². The van der Waals surface area contributed by atoms with E-state index in [1.807, 2.05) is 0 Å². The van der Waals surface area contributed by atoms with Gasteiger partial charge in [-0.2, -0.15) is 0 Å². The molecule has 2 aliphatic rings. The summed E-state index contributed by atoms with van der Waals surface area (Å²) < 4.78 is 0. The third-order valence-corrected chi connectivity index (χ3v) is 5.70. The summed E-state index contributed by atoms with van der Waals surface area (Å²) in [5.74, 6) is 2.08. The Kier molecular flexibility index (Phi) is 3.84. The van der Waals surface area contributed by atoms with Crippen molar-refractivity contribution >= 4 is 0 Å². The summed E-state index contributed by atoms with van der Waals surface area (Å²) in [4.78, 5) is 0. The predicted octanol–water partition coefficient (Wildman–Crippen LogP) is 2.83. The average molecular weight is 240 g/mol. The summed E-state index contributed by atoms with van der Waals surface area (Å²) in [5, 5.41) is 19.7. The maximum absolute atomic E-state index is 10.3. The third-order valence-electron chi connectivity index (χ3n) is 5.70. The van der Waals surface area contributed by atoms with Crippen molar-refractivity contribution in [3.63, 3.8) is 0 Å². The number of rotatable bonds is 2. The van der Waals surface area contributed by atoms with E-state index in [9.17, 15) is 10.2 Å². The van der Waals surface area contributed by atoms with Gasteiger partial charge in [-0.15, -0.1) is 0 Å². The minimum atomic E-state index is -0.205. The Labute approximate surface area is 105 Å². The highest BCUT2D eigenvalue weighted by atomic mass is 16.3. The molecule has 0 heterocycles. The molecule has 2 N–H and O–H groups in total. The first-order valence-corrected chi connectivity index (χ1v) is 7.27. The molecule has 2 rings (SSSR count). The minimum Gasteiger partial charge on any atom is -0.396 e. The van der Waals surface area contributed by atoms with Crippen LogP contribution in [-0.2, 0) is 0 Å². The first-order valence-electron chi connectivity index (χ1n) is 7.27. The monoisotopic (exact) mass is 240 g/mol. The van der Waals surface area contributed by atoms with Gasteiger partial charge in [-0.05, 0) is 48.3 Å². The molecule has 0 radical (unpaired) electrons. The van der Waals surface area contributed by atoms with E-state index in [-0.39, 0.29) is 18.6 Å². The van der Waals surface area contributed by atoms with Crippen molar-refractivity contribution in [2.45, 2.75) is 59.0 Å². The quantitative estimate of drug-likeness (QED) is 0.779. The lowest BCUT2D eigenvalue weighted by Crippen LogP contribution is -2.48. The van der Waals surface area contributed by atoms with Crippen LogP contribution in [0.15, 0.2) is 0 Å². The van der Waals surface area contributed by atoms with Gasteiger partial charge in [0.25, 0.3) is 0 Å². The van der Waals surface area contributed by atoms with Crippen LogP contribution in [0.3, 0.4) is 0 Å². The van der Waals surface area contributed by atoms with E-state index >= 15 is 0 Å². The van der Waals surface area contributed by atoms with E-state index in [1.165, 1.54) is 19.3 Å². The Morgan fingerprint density at radius 2 is 2.12 bits per heavy atom. The molecule has 100 valence electrons. The molecule has 2 nitrogen and oxygen atoms in total. The number of hydrogen-bond donors (Lipinski definition) is 2. The number of aliphatic hydroxyl groups excluding tert-OH is 2. The maximum Gasteiger partial charge on any atom is 0.0577 e. The fourth-order valence-corrected chi connectivity index (χ4v) is 4.50. The molecule has 2 saturated carbocycles. The highest BCUT2D eigenvalue weighted by Crippen LogP contribution is 2.54. The van der Waals surface area contributed by atoms with Crippen molar-refractivity contribution in [2.75, 3.05) is 6.61 Å². The fourth-order valence-electron chi connectivity index (χ4n) is 4.50. The Morgan fingerprint density at radius 3 is 2.76 bits per heavy atom. The first kappa shape index (κ1) is 13.4. The van der Waals surface area contributed by atoms with Crippen molar-refractivity contribution < 1.29 is 10.2 Å². The standard InChI is InChI=1S/C15H28O2/c1-10-5-4-6-15(3)8-14(17)12(7-13(10)15)11(2)9-16/h10-14,16-17H,4-9H2,1-3H3/t10-,11?,12+,13-,14+,15+/m0/s1. The molecule has 0 aromatic rings. The molecule has 0 aromatic carbocycles. The minimum absolute atomic E-state index is 0.205. The van der Waals surface area contributed by atoms with Crippen LogP contribution in [0, 0.1) is 29.1 Å². The van der Waals surface area contributed by atoms with E-state index in [2.05, 4.69) is 20.8 Å². The molecular formula is C15H28O2. The van der Waals surface area contributed by atoms with Gasteiger partial charge in [-0.25, -0.2) is 0 Å². The smallest absolute Gasteiger partial charge is 0.0577 e. The van der Waals surface area contributed by atoms with Crippen LogP contribution in [-0.4, -0.2) is 22.9 Å². The highest BCUT2D eigenvalue weighted by molar-refractivity contribution is 4.98. The van der Waals surface area contributed by atoms with Crippen molar-refractivity contribution in [1.29, 1.82) is 0 Å². The average Bonchev–Trinajstić information content (AvgIpc) is 2.27. The lowest BCUT2D eigenvalue weighted by Gasteiger charge is -2.53. The van der Waals surface area contributed by atoms with Gasteiger partial charge in [0, 0.05) is 6.61 Å². The van der Waals surface area contributed by atoms with Crippen LogP contribution >= 0.6 is 0 Å². The largest absolute Gasteiger partial charge is 0.396 e. The van der Waals surface area contributed by atoms with Crippen molar-refractivity contribution in [3.8, 4) is 0 Å². The molecule has 0 aliphatic heterocycles. The van der Waals surface area contributed by atoms with Gasteiger partial charge in [-0.1, -0.05) is 33.6 Å². The van der Waals surface area contributed by atoms with E-state index in [0.29, 0.717) is 11.3 Å². The van der Waals surface area contributed by atoms with Gasteiger partial charge in [-0.3, -0.25) is 0 Å². The Morgan fingerprint density at radius 1 is 1.41 bits per heavy atom. The molecule has 2 aliphatic carbocycles. The lowest BCUT2D eigenvalue weighted by atomic mass is 9.53. The van der Waals surface area contributed by atoms with Crippen LogP contribution in [0.1, 0.15) is 52.9 Å². The molecule has 0 spiro atoms. The van der Waals surface area contributed by atoms with E-state index in [1.54, 1.807) is 0 Å². The maximum atomic E-state index is 10.3. The Hall–Kier alpha value is -0.0800. The summed E-state index contributed by atoms with van der Waals surface area (Å²) in [7, 11) is 0. The Bertz CT molecular complexity index is 266. The summed E-state index contributed by atoms with van der Waals surface area (Å²) in [6.07, 6.45) is 5.79. The zero-order valence-electron chi connectivity index (χ0n) is 11.5. The summed E-state index contributed by atoms with van der Waals surface area (Å²) in [6.45, 7) is 7.03. The van der Waals surface area contributed by atoms with Crippen LogP contribution in [0.4, 0.5) is 0 Å². The second-order valence-electron chi connectivity index (χ2n) is 6.96. The molecule has 17 heavy (non-hydrogen) atoms. The molecule has 2 fully saturated rings. The van der Waals surface area contributed by atoms with E-state index in [4.69, 9.17) is 0 Å². The van der Waals surface area contributed by atoms with Gasteiger partial charge < -0.3 is 10.2 Å². The molecule has 0 bridgehead atoms. The van der Waals surface area contributed by atoms with Crippen LogP contribution in [0.2, 0.25) is 0 Å². The Balaban J connectivity index is 2.14. The molecule has 0 aromatic heterocycles. The fraction of sp³-hybridized carbons (Fsp3) is 1.00. The zero-order chi connectivity index (χ0) is 12.6. The van der Waals surface area contributed by atoms with E-state index in [0.717, 1.165) is 24.7 Å². The molecule has 0 amide bonds. The summed E-state index contributed by atoms with van der Waals surface area (Å²) >= 11 is 0. The second kappa shape index (κ2) is 4.89. The number of hydrogen-bond acceptors (Lipinski definition) is 2.